The van der Waals surface area contributed by atoms with Crippen LogP contribution in [0.25, 0.3) is 0 Å². The van der Waals surface area contributed by atoms with Crippen LogP contribution in [-0.4, -0.2) is 26.1 Å². The zero-order valence-corrected chi connectivity index (χ0v) is 13.4. The van der Waals surface area contributed by atoms with Crippen molar-refractivity contribution in [1.82, 2.24) is 10.6 Å². The molecule has 0 aliphatic rings. The number of rotatable bonds is 7. The Morgan fingerprint density at radius 3 is 2.52 bits per heavy atom. The Morgan fingerprint density at radius 2 is 2.00 bits per heavy atom. The number of ether oxygens (including phenoxy) is 1. The molecule has 0 saturated carbocycles. The zero-order chi connectivity index (χ0) is 16.0. The van der Waals surface area contributed by atoms with Crippen molar-refractivity contribution >= 4 is 5.91 Å². The smallest absolute Gasteiger partial charge is 0.236 e. The molecule has 0 aliphatic heterocycles. The summed E-state index contributed by atoms with van der Waals surface area (Å²) in [6.45, 7) is 6.09. The number of benzene rings is 1. The lowest BCUT2D eigenvalue weighted by atomic mass is 10.0. The number of amides is 1. The average molecular weight is 296 g/mol. The third-order valence-corrected chi connectivity index (χ3v) is 3.40. The fourth-order valence-corrected chi connectivity index (χ4v) is 2.24. The molecule has 0 bridgehead atoms. The molecule has 1 aromatic rings. The summed E-state index contributed by atoms with van der Waals surface area (Å²) >= 11 is 0. The molecule has 21 heavy (non-hydrogen) atoms. The van der Waals surface area contributed by atoms with E-state index in [4.69, 9.17) is 4.74 Å². The first-order valence-electron chi connectivity index (χ1n) is 7.20. The first-order chi connectivity index (χ1) is 9.88. The molecular weight excluding hydrogens is 271 g/mol. The summed E-state index contributed by atoms with van der Waals surface area (Å²) < 4.78 is 18.4. The summed E-state index contributed by atoms with van der Waals surface area (Å²) in [5, 5.41) is 5.97. The lowest BCUT2D eigenvalue weighted by Gasteiger charge is -2.24. The molecule has 1 rings (SSSR count). The molecule has 0 heterocycles. The van der Waals surface area contributed by atoms with Crippen LogP contribution in [0.5, 0.6) is 5.75 Å². The van der Waals surface area contributed by atoms with Crippen LogP contribution in [0.3, 0.4) is 0 Å². The minimum Gasteiger partial charge on any atom is -0.494 e. The number of halogens is 1. The largest absolute Gasteiger partial charge is 0.494 e. The molecular formula is C16H25FN2O2. The van der Waals surface area contributed by atoms with E-state index in [-0.39, 0.29) is 23.7 Å². The van der Waals surface area contributed by atoms with Crippen LogP contribution in [-0.2, 0) is 4.79 Å². The molecule has 2 atom stereocenters. The number of hydrogen-bond donors (Lipinski definition) is 2. The van der Waals surface area contributed by atoms with Crippen molar-refractivity contribution in [3.05, 3.63) is 29.6 Å². The summed E-state index contributed by atoms with van der Waals surface area (Å²) in [6.07, 6.45) is 0.738. The summed E-state index contributed by atoms with van der Waals surface area (Å²) in [6, 6.07) is 4.38. The van der Waals surface area contributed by atoms with Crippen LogP contribution in [0.4, 0.5) is 4.39 Å². The summed E-state index contributed by atoms with van der Waals surface area (Å²) in [4.78, 5) is 11.9. The third-order valence-electron chi connectivity index (χ3n) is 3.40. The van der Waals surface area contributed by atoms with E-state index in [1.54, 1.807) is 19.2 Å². The lowest BCUT2D eigenvalue weighted by molar-refractivity contribution is -0.123. The quantitative estimate of drug-likeness (QED) is 0.813. The minimum absolute atomic E-state index is 0.0374. The molecule has 2 unspecified atom stereocenters. The lowest BCUT2D eigenvalue weighted by Crippen LogP contribution is -2.44. The van der Waals surface area contributed by atoms with E-state index in [1.807, 2.05) is 6.92 Å². The van der Waals surface area contributed by atoms with Gasteiger partial charge in [-0.2, -0.15) is 0 Å². The maximum Gasteiger partial charge on any atom is 0.236 e. The molecule has 0 aliphatic carbocycles. The second kappa shape index (κ2) is 7.98. The van der Waals surface area contributed by atoms with Crippen LogP contribution in [0.1, 0.15) is 38.8 Å². The maximum atomic E-state index is 13.4. The highest BCUT2D eigenvalue weighted by Crippen LogP contribution is 2.23. The second-order valence-electron chi connectivity index (χ2n) is 5.58. The number of carbonyl (C=O) groups is 1. The van der Waals surface area contributed by atoms with Crippen molar-refractivity contribution in [2.24, 2.45) is 5.92 Å². The fraction of sp³-hybridized carbons (Fsp3) is 0.562. The van der Waals surface area contributed by atoms with Crippen LogP contribution < -0.4 is 15.4 Å². The Morgan fingerprint density at radius 1 is 1.33 bits per heavy atom. The number of hydrogen-bond acceptors (Lipinski definition) is 3. The predicted octanol–water partition coefficient (Wildman–Crippen LogP) is 2.65. The first kappa shape index (κ1) is 17.4. The van der Waals surface area contributed by atoms with E-state index in [0.717, 1.165) is 12.0 Å². The van der Waals surface area contributed by atoms with E-state index in [0.29, 0.717) is 5.92 Å². The van der Waals surface area contributed by atoms with Gasteiger partial charge < -0.3 is 10.1 Å². The van der Waals surface area contributed by atoms with Crippen molar-refractivity contribution in [2.45, 2.75) is 39.3 Å². The molecule has 1 aromatic carbocycles. The Balaban J connectivity index is 2.85. The van der Waals surface area contributed by atoms with Crippen molar-refractivity contribution in [3.8, 4) is 5.75 Å². The van der Waals surface area contributed by atoms with Gasteiger partial charge in [-0.1, -0.05) is 19.9 Å². The third kappa shape index (κ3) is 5.01. The van der Waals surface area contributed by atoms with Crippen molar-refractivity contribution in [3.63, 3.8) is 0 Å². The van der Waals surface area contributed by atoms with E-state index in [1.165, 1.54) is 13.2 Å². The van der Waals surface area contributed by atoms with Crippen LogP contribution in [0, 0.1) is 11.7 Å². The standard InChI is InChI=1S/C16H25FN2O2/c1-10(2)8-14(16(20)18-4)19-11(3)12-6-7-13(17)15(9-12)21-5/h6-7,9-11,14,19H,8H2,1-5H3,(H,18,20). The van der Waals surface area contributed by atoms with Crippen LogP contribution in [0.15, 0.2) is 18.2 Å². The van der Waals surface area contributed by atoms with Gasteiger partial charge in [-0.15, -0.1) is 0 Å². The van der Waals surface area contributed by atoms with Crippen LogP contribution >= 0.6 is 0 Å². The highest BCUT2D eigenvalue weighted by Gasteiger charge is 2.21. The molecule has 0 fully saturated rings. The Labute approximate surface area is 126 Å². The second-order valence-corrected chi connectivity index (χ2v) is 5.58. The van der Waals surface area contributed by atoms with E-state index in [9.17, 15) is 9.18 Å². The number of methoxy groups -OCH3 is 1. The van der Waals surface area contributed by atoms with Gasteiger partial charge in [0.15, 0.2) is 11.6 Å². The molecule has 118 valence electrons. The van der Waals surface area contributed by atoms with Gasteiger partial charge in [0.05, 0.1) is 13.2 Å². The zero-order valence-electron chi connectivity index (χ0n) is 13.4. The highest BCUT2D eigenvalue weighted by atomic mass is 19.1. The number of nitrogens with one attached hydrogen (secondary N) is 2. The SMILES string of the molecule is CNC(=O)C(CC(C)C)NC(C)c1ccc(F)c(OC)c1. The van der Waals surface area contributed by atoms with E-state index in [2.05, 4.69) is 24.5 Å². The molecule has 2 N–H and O–H groups in total. The molecule has 0 saturated heterocycles. The van der Waals surface area contributed by atoms with E-state index >= 15 is 0 Å². The highest BCUT2D eigenvalue weighted by molar-refractivity contribution is 5.81. The van der Waals surface area contributed by atoms with Gasteiger partial charge in [0, 0.05) is 13.1 Å². The number of likely N-dealkylation sites (N-methyl/N-ethyl adjacent to an activating group) is 1. The minimum atomic E-state index is -0.390. The number of carbonyl (C=O) groups excluding carboxylic acids is 1. The maximum absolute atomic E-state index is 13.4. The Hall–Kier alpha value is -1.62. The molecule has 0 radical (unpaired) electrons. The van der Waals surface area contributed by atoms with Gasteiger partial charge >= 0.3 is 0 Å². The van der Waals surface area contributed by atoms with Gasteiger partial charge in [-0.3, -0.25) is 10.1 Å². The topological polar surface area (TPSA) is 50.4 Å². The summed E-state index contributed by atoms with van der Waals surface area (Å²) in [7, 11) is 3.06. The molecule has 0 spiro atoms. The monoisotopic (exact) mass is 296 g/mol. The van der Waals surface area contributed by atoms with Gasteiger partial charge in [0.1, 0.15) is 0 Å². The van der Waals surface area contributed by atoms with Gasteiger partial charge in [-0.05, 0) is 37.0 Å². The van der Waals surface area contributed by atoms with Gasteiger partial charge in [0.2, 0.25) is 5.91 Å². The first-order valence-corrected chi connectivity index (χ1v) is 7.20. The molecule has 1 amide bonds. The van der Waals surface area contributed by atoms with Crippen molar-refractivity contribution in [2.75, 3.05) is 14.2 Å². The molecule has 0 aromatic heterocycles. The Bertz CT molecular complexity index is 477. The summed E-state index contributed by atoms with van der Waals surface area (Å²) in [5.41, 5.74) is 0.880. The molecule has 4 nitrogen and oxygen atoms in total. The predicted molar refractivity (Wildman–Crippen MR) is 81.8 cm³/mol. The summed E-state index contributed by atoms with van der Waals surface area (Å²) in [5.74, 6) is 0.180. The average Bonchev–Trinajstić information content (AvgIpc) is 2.45. The van der Waals surface area contributed by atoms with Gasteiger partial charge in [-0.25, -0.2) is 4.39 Å². The van der Waals surface area contributed by atoms with Crippen molar-refractivity contribution < 1.29 is 13.9 Å². The van der Waals surface area contributed by atoms with Crippen LogP contribution in [0.2, 0.25) is 0 Å². The fourth-order valence-electron chi connectivity index (χ4n) is 2.24. The van der Waals surface area contributed by atoms with Gasteiger partial charge in [0.25, 0.3) is 0 Å². The van der Waals surface area contributed by atoms with Crippen molar-refractivity contribution in [1.29, 1.82) is 0 Å². The molecule has 5 heteroatoms. The normalized spacial score (nSPS) is 13.9. The van der Waals surface area contributed by atoms with E-state index < -0.39 is 5.82 Å². The Kier molecular flexibility index (Phi) is 6.62.